The van der Waals surface area contributed by atoms with Crippen LogP contribution in [0.4, 0.5) is 5.69 Å². The van der Waals surface area contributed by atoms with E-state index in [1.54, 1.807) is 0 Å². The Morgan fingerprint density at radius 1 is 1.21 bits per heavy atom. The lowest BCUT2D eigenvalue weighted by Gasteiger charge is -2.31. The highest BCUT2D eigenvalue weighted by Gasteiger charge is 2.24. The lowest BCUT2D eigenvalue weighted by atomic mass is 9.99. The van der Waals surface area contributed by atoms with E-state index in [1.807, 2.05) is 64.0 Å². The van der Waals surface area contributed by atoms with Gasteiger partial charge in [-0.2, -0.15) is 0 Å². The number of hydrogen-bond acceptors (Lipinski definition) is 4. The average Bonchev–Trinajstić information content (AvgIpc) is 2.37. The molecule has 0 amide bonds. The summed E-state index contributed by atoms with van der Waals surface area (Å²) >= 11 is 0. The second kappa shape index (κ2) is 6.37. The molecule has 1 aromatic rings. The minimum atomic E-state index is -0.595. The van der Waals surface area contributed by atoms with Gasteiger partial charge in [0.2, 0.25) is 0 Å². The molecular weight excluding hydrogens is 240 g/mol. The van der Waals surface area contributed by atoms with Gasteiger partial charge in [-0.15, -0.1) is 0 Å². The summed E-state index contributed by atoms with van der Waals surface area (Å²) in [6, 6.07) is 7.71. The monoisotopic (exact) mass is 266 g/mol. The van der Waals surface area contributed by atoms with Crippen LogP contribution in [0.1, 0.15) is 32.4 Å². The molecule has 4 heteroatoms. The molecule has 3 N–H and O–H groups in total. The maximum Gasteiger partial charge on any atom is 0.0940 e. The van der Waals surface area contributed by atoms with E-state index in [9.17, 15) is 10.2 Å². The van der Waals surface area contributed by atoms with Crippen LogP contribution in [0, 0.1) is 0 Å². The summed E-state index contributed by atoms with van der Waals surface area (Å²) in [7, 11) is 3.97. The minimum Gasteiger partial charge on any atom is -0.394 e. The average molecular weight is 266 g/mol. The molecule has 108 valence electrons. The first-order valence-electron chi connectivity index (χ1n) is 6.61. The number of benzene rings is 1. The second-order valence-corrected chi connectivity index (χ2v) is 5.91. The molecule has 0 saturated carbocycles. The zero-order valence-corrected chi connectivity index (χ0v) is 12.5. The van der Waals surface area contributed by atoms with Gasteiger partial charge in [-0.05, 0) is 38.5 Å². The van der Waals surface area contributed by atoms with Gasteiger partial charge < -0.3 is 20.4 Å². The van der Waals surface area contributed by atoms with Crippen LogP contribution in [0.3, 0.4) is 0 Å². The number of rotatable bonds is 6. The molecule has 2 atom stereocenters. The molecule has 0 radical (unpaired) electrons. The summed E-state index contributed by atoms with van der Waals surface area (Å²) < 4.78 is 0. The normalized spacial score (nSPS) is 15.1. The molecule has 19 heavy (non-hydrogen) atoms. The van der Waals surface area contributed by atoms with Crippen LogP contribution in [0.5, 0.6) is 0 Å². The largest absolute Gasteiger partial charge is 0.394 e. The van der Waals surface area contributed by atoms with Gasteiger partial charge in [-0.25, -0.2) is 0 Å². The Bertz CT molecular complexity index is 388. The Morgan fingerprint density at radius 2 is 1.74 bits per heavy atom. The Hall–Kier alpha value is -1.10. The molecule has 0 aliphatic rings. The lowest BCUT2D eigenvalue weighted by Crippen LogP contribution is -2.49. The van der Waals surface area contributed by atoms with Gasteiger partial charge in [0.25, 0.3) is 0 Å². The van der Waals surface area contributed by atoms with Crippen molar-refractivity contribution < 1.29 is 10.2 Å². The van der Waals surface area contributed by atoms with Gasteiger partial charge in [0.1, 0.15) is 0 Å². The first-order chi connectivity index (χ1) is 8.76. The third kappa shape index (κ3) is 4.49. The number of nitrogens with zero attached hydrogens (tertiary/aromatic N) is 1. The predicted molar refractivity (Wildman–Crippen MR) is 79.5 cm³/mol. The van der Waals surface area contributed by atoms with Crippen molar-refractivity contribution >= 4 is 5.69 Å². The van der Waals surface area contributed by atoms with Crippen molar-refractivity contribution in [1.29, 1.82) is 0 Å². The quantitative estimate of drug-likeness (QED) is 0.731. The van der Waals surface area contributed by atoms with Crippen molar-refractivity contribution in [1.82, 2.24) is 5.32 Å². The van der Waals surface area contributed by atoms with E-state index >= 15 is 0 Å². The summed E-state index contributed by atoms with van der Waals surface area (Å²) in [5.74, 6) is 0. The fraction of sp³-hybridized carbons (Fsp3) is 0.600. The van der Waals surface area contributed by atoms with E-state index in [0.717, 1.165) is 11.3 Å². The first-order valence-corrected chi connectivity index (χ1v) is 6.61. The standard InChI is InChI=1S/C15H26N2O2/c1-11(16-15(2,3)10-18)14(19)12-6-8-13(9-7-12)17(4)5/h6-9,11,14,16,18-19H,10H2,1-5H3. The van der Waals surface area contributed by atoms with Crippen LogP contribution in [-0.4, -0.2) is 42.5 Å². The zero-order chi connectivity index (χ0) is 14.6. The summed E-state index contributed by atoms with van der Waals surface area (Å²) in [5, 5.41) is 22.8. The van der Waals surface area contributed by atoms with Gasteiger partial charge in [0.05, 0.1) is 12.7 Å². The zero-order valence-electron chi connectivity index (χ0n) is 12.5. The van der Waals surface area contributed by atoms with E-state index in [4.69, 9.17) is 0 Å². The lowest BCUT2D eigenvalue weighted by molar-refractivity contribution is 0.0991. The first kappa shape index (κ1) is 16.0. The molecular formula is C15H26N2O2. The van der Waals surface area contributed by atoms with Crippen molar-refractivity contribution in [3.05, 3.63) is 29.8 Å². The summed E-state index contributed by atoms with van der Waals surface area (Å²) in [6.45, 7) is 5.77. The third-order valence-electron chi connectivity index (χ3n) is 3.24. The number of aliphatic hydroxyl groups is 2. The van der Waals surface area contributed by atoms with E-state index < -0.39 is 11.6 Å². The maximum atomic E-state index is 10.3. The second-order valence-electron chi connectivity index (χ2n) is 5.91. The van der Waals surface area contributed by atoms with Crippen LogP contribution in [0.2, 0.25) is 0 Å². The Labute approximate surface area is 116 Å². The number of nitrogens with one attached hydrogen (secondary N) is 1. The molecule has 1 rings (SSSR count). The highest BCUT2D eigenvalue weighted by Crippen LogP contribution is 2.21. The van der Waals surface area contributed by atoms with E-state index in [2.05, 4.69) is 5.32 Å². The smallest absolute Gasteiger partial charge is 0.0940 e. The van der Waals surface area contributed by atoms with Crippen LogP contribution in [0.25, 0.3) is 0 Å². The topological polar surface area (TPSA) is 55.7 Å². The van der Waals surface area contributed by atoms with Crippen molar-refractivity contribution in [3.63, 3.8) is 0 Å². The molecule has 0 aliphatic carbocycles. The van der Waals surface area contributed by atoms with Gasteiger partial charge in [0.15, 0.2) is 0 Å². The molecule has 0 saturated heterocycles. The number of hydrogen-bond donors (Lipinski definition) is 3. The molecule has 0 aromatic heterocycles. The van der Waals surface area contributed by atoms with Crippen molar-refractivity contribution in [3.8, 4) is 0 Å². The molecule has 4 nitrogen and oxygen atoms in total. The molecule has 0 spiro atoms. The van der Waals surface area contributed by atoms with Crippen LogP contribution < -0.4 is 10.2 Å². The molecule has 0 aliphatic heterocycles. The number of anilines is 1. The Balaban J connectivity index is 2.74. The Kier molecular flexibility index (Phi) is 5.35. The van der Waals surface area contributed by atoms with Gasteiger partial charge in [-0.3, -0.25) is 0 Å². The minimum absolute atomic E-state index is 0.0314. The molecule has 1 aromatic carbocycles. The third-order valence-corrected chi connectivity index (χ3v) is 3.24. The molecule has 0 bridgehead atoms. The molecule has 2 unspecified atom stereocenters. The summed E-state index contributed by atoms with van der Waals surface area (Å²) in [6.07, 6.45) is -0.595. The highest BCUT2D eigenvalue weighted by molar-refractivity contribution is 5.46. The predicted octanol–water partition coefficient (Wildman–Crippen LogP) is 1.54. The van der Waals surface area contributed by atoms with Gasteiger partial charge in [0, 0.05) is 31.4 Å². The van der Waals surface area contributed by atoms with Crippen LogP contribution in [-0.2, 0) is 0 Å². The summed E-state index contributed by atoms with van der Waals surface area (Å²) in [5.41, 5.74) is 1.58. The van der Waals surface area contributed by atoms with Crippen molar-refractivity contribution in [2.24, 2.45) is 0 Å². The fourth-order valence-electron chi connectivity index (χ4n) is 2.00. The Morgan fingerprint density at radius 3 is 2.16 bits per heavy atom. The molecule has 0 fully saturated rings. The van der Waals surface area contributed by atoms with Crippen LogP contribution >= 0.6 is 0 Å². The number of aliphatic hydroxyl groups excluding tert-OH is 2. The maximum absolute atomic E-state index is 10.3. The van der Waals surface area contributed by atoms with E-state index in [1.165, 1.54) is 0 Å². The van der Waals surface area contributed by atoms with E-state index in [0.29, 0.717) is 0 Å². The van der Waals surface area contributed by atoms with E-state index in [-0.39, 0.29) is 12.6 Å². The van der Waals surface area contributed by atoms with Crippen molar-refractivity contribution in [2.75, 3.05) is 25.6 Å². The van der Waals surface area contributed by atoms with Crippen LogP contribution in [0.15, 0.2) is 24.3 Å². The van der Waals surface area contributed by atoms with Gasteiger partial charge >= 0.3 is 0 Å². The summed E-state index contributed by atoms with van der Waals surface area (Å²) in [4.78, 5) is 2.02. The van der Waals surface area contributed by atoms with Gasteiger partial charge in [-0.1, -0.05) is 12.1 Å². The van der Waals surface area contributed by atoms with Crippen molar-refractivity contribution in [2.45, 2.75) is 38.5 Å². The molecule has 0 heterocycles. The fourth-order valence-corrected chi connectivity index (χ4v) is 2.00. The highest BCUT2D eigenvalue weighted by atomic mass is 16.3. The SMILES string of the molecule is CC(NC(C)(C)CO)C(O)c1ccc(N(C)C)cc1.